The highest BCUT2D eigenvalue weighted by atomic mass is 35.5. The molecule has 2 heterocycles. The lowest BCUT2D eigenvalue weighted by molar-refractivity contribution is 0.627. The summed E-state index contributed by atoms with van der Waals surface area (Å²) >= 11 is 6.18. The number of fused-ring (bicyclic) bond motifs is 1. The molecule has 1 aliphatic heterocycles. The first-order valence-electron chi connectivity index (χ1n) is 9.10. The highest BCUT2D eigenvalue weighted by Crippen LogP contribution is 2.28. The standard InChI is InChI=1S/C22H21ClFN3.ClH/c1-14-15(2)25-21(11-16-3-7-20(24)8-4-16)26-22(14)27-10-9-17-5-6-19(23)12-18(17)13-27;/h3-8,12H,9-11,13H2,1-2H3;1H. The quantitative estimate of drug-likeness (QED) is 0.566. The monoisotopic (exact) mass is 417 g/mol. The van der Waals surface area contributed by atoms with Gasteiger partial charge in [0, 0.05) is 35.8 Å². The second kappa shape index (κ2) is 8.46. The predicted octanol–water partition coefficient (Wildman–Crippen LogP) is 5.46. The fraction of sp³-hybridized carbons (Fsp3) is 0.273. The normalized spacial score (nSPS) is 13.1. The molecule has 0 amide bonds. The van der Waals surface area contributed by atoms with Crippen LogP contribution in [0.15, 0.2) is 42.5 Å². The minimum Gasteiger partial charge on any atom is -0.352 e. The van der Waals surface area contributed by atoms with E-state index in [1.807, 2.05) is 19.1 Å². The van der Waals surface area contributed by atoms with Gasteiger partial charge in [0.15, 0.2) is 0 Å². The van der Waals surface area contributed by atoms with E-state index in [1.165, 1.54) is 23.3 Å². The maximum atomic E-state index is 13.2. The molecular formula is C22H22Cl2FN3. The number of halogens is 3. The van der Waals surface area contributed by atoms with Crippen molar-refractivity contribution in [1.82, 2.24) is 9.97 Å². The summed E-state index contributed by atoms with van der Waals surface area (Å²) in [6, 6.07) is 12.6. The lowest BCUT2D eigenvalue weighted by atomic mass is 9.99. The molecule has 3 nitrogen and oxygen atoms in total. The molecule has 0 atom stereocenters. The summed E-state index contributed by atoms with van der Waals surface area (Å²) < 4.78 is 13.2. The number of nitrogens with zero attached hydrogens (tertiary/aromatic N) is 3. The maximum absolute atomic E-state index is 13.2. The molecule has 0 saturated carbocycles. The molecule has 6 heteroatoms. The third kappa shape index (κ3) is 4.29. The van der Waals surface area contributed by atoms with Gasteiger partial charge in [-0.15, -0.1) is 12.4 Å². The van der Waals surface area contributed by atoms with Crippen LogP contribution < -0.4 is 4.90 Å². The van der Waals surface area contributed by atoms with Crippen LogP contribution in [-0.4, -0.2) is 16.5 Å². The van der Waals surface area contributed by atoms with Crippen LogP contribution in [0.3, 0.4) is 0 Å². The number of aromatic nitrogens is 2. The van der Waals surface area contributed by atoms with Crippen molar-refractivity contribution in [2.75, 3.05) is 11.4 Å². The SMILES string of the molecule is Cc1nc(Cc2ccc(F)cc2)nc(N2CCc3ccc(Cl)cc3C2)c1C.Cl. The molecule has 146 valence electrons. The lowest BCUT2D eigenvalue weighted by Crippen LogP contribution is -2.32. The van der Waals surface area contributed by atoms with Gasteiger partial charge < -0.3 is 4.90 Å². The molecule has 0 fully saturated rings. The van der Waals surface area contributed by atoms with Gasteiger partial charge in [-0.25, -0.2) is 14.4 Å². The van der Waals surface area contributed by atoms with E-state index in [0.717, 1.165) is 53.0 Å². The van der Waals surface area contributed by atoms with Crippen molar-refractivity contribution in [2.45, 2.75) is 33.2 Å². The second-order valence-electron chi connectivity index (χ2n) is 7.06. The third-order valence-electron chi connectivity index (χ3n) is 5.17. The minimum absolute atomic E-state index is 0. The highest BCUT2D eigenvalue weighted by molar-refractivity contribution is 6.30. The molecule has 3 aromatic rings. The average molecular weight is 418 g/mol. The van der Waals surface area contributed by atoms with Gasteiger partial charge in [-0.05, 0) is 61.2 Å². The van der Waals surface area contributed by atoms with Crippen LogP contribution in [0.5, 0.6) is 0 Å². The molecule has 0 unspecified atom stereocenters. The zero-order chi connectivity index (χ0) is 19.0. The molecule has 1 aliphatic rings. The van der Waals surface area contributed by atoms with Crippen LogP contribution in [-0.2, 0) is 19.4 Å². The van der Waals surface area contributed by atoms with E-state index in [4.69, 9.17) is 16.6 Å². The Morgan fingerprint density at radius 3 is 2.54 bits per heavy atom. The fourth-order valence-electron chi connectivity index (χ4n) is 3.55. The Morgan fingerprint density at radius 2 is 1.79 bits per heavy atom. The van der Waals surface area contributed by atoms with Crippen LogP contribution in [0, 0.1) is 19.7 Å². The van der Waals surface area contributed by atoms with Gasteiger partial charge in [-0.3, -0.25) is 0 Å². The van der Waals surface area contributed by atoms with Gasteiger partial charge in [0.2, 0.25) is 0 Å². The molecule has 28 heavy (non-hydrogen) atoms. The Balaban J connectivity index is 0.00000225. The molecule has 0 radical (unpaired) electrons. The first-order valence-corrected chi connectivity index (χ1v) is 9.48. The maximum Gasteiger partial charge on any atom is 0.135 e. The number of hydrogen-bond donors (Lipinski definition) is 0. The Hall–Kier alpha value is -2.17. The van der Waals surface area contributed by atoms with Crippen LogP contribution in [0.2, 0.25) is 5.02 Å². The molecule has 0 saturated heterocycles. The summed E-state index contributed by atoms with van der Waals surface area (Å²) in [7, 11) is 0. The largest absolute Gasteiger partial charge is 0.352 e. The molecular weight excluding hydrogens is 396 g/mol. The van der Waals surface area contributed by atoms with Crippen LogP contribution in [0.4, 0.5) is 10.2 Å². The number of benzene rings is 2. The fourth-order valence-corrected chi connectivity index (χ4v) is 3.74. The van der Waals surface area contributed by atoms with Crippen LogP contribution in [0.25, 0.3) is 0 Å². The van der Waals surface area contributed by atoms with Crippen LogP contribution in [0.1, 0.15) is 33.8 Å². The van der Waals surface area contributed by atoms with E-state index in [1.54, 1.807) is 12.1 Å². The Bertz CT molecular complexity index is 990. The van der Waals surface area contributed by atoms with Gasteiger partial charge in [0.05, 0.1) is 0 Å². The zero-order valence-corrected chi connectivity index (χ0v) is 17.4. The van der Waals surface area contributed by atoms with E-state index < -0.39 is 0 Å². The van der Waals surface area contributed by atoms with Crippen molar-refractivity contribution in [3.63, 3.8) is 0 Å². The molecule has 0 aliphatic carbocycles. The Kier molecular flexibility index (Phi) is 6.21. The van der Waals surface area contributed by atoms with E-state index in [9.17, 15) is 4.39 Å². The third-order valence-corrected chi connectivity index (χ3v) is 5.40. The first kappa shape index (κ1) is 20.6. The number of rotatable bonds is 3. The summed E-state index contributed by atoms with van der Waals surface area (Å²) in [5.74, 6) is 1.51. The van der Waals surface area contributed by atoms with Gasteiger partial charge >= 0.3 is 0 Å². The summed E-state index contributed by atoms with van der Waals surface area (Å²) in [4.78, 5) is 11.8. The van der Waals surface area contributed by atoms with E-state index in [-0.39, 0.29) is 18.2 Å². The average Bonchev–Trinajstić information content (AvgIpc) is 2.66. The Morgan fingerprint density at radius 1 is 1.04 bits per heavy atom. The molecule has 0 bridgehead atoms. The van der Waals surface area contributed by atoms with Crippen molar-refractivity contribution >= 4 is 29.8 Å². The molecule has 0 N–H and O–H groups in total. The lowest BCUT2D eigenvalue weighted by Gasteiger charge is -2.31. The smallest absolute Gasteiger partial charge is 0.135 e. The predicted molar refractivity (Wildman–Crippen MR) is 114 cm³/mol. The van der Waals surface area contributed by atoms with E-state index in [0.29, 0.717) is 6.42 Å². The number of aryl methyl sites for hydroxylation is 1. The second-order valence-corrected chi connectivity index (χ2v) is 7.50. The van der Waals surface area contributed by atoms with Gasteiger partial charge in [0.1, 0.15) is 17.5 Å². The van der Waals surface area contributed by atoms with Crippen molar-refractivity contribution < 1.29 is 4.39 Å². The van der Waals surface area contributed by atoms with Gasteiger partial charge in [-0.1, -0.05) is 29.8 Å². The zero-order valence-electron chi connectivity index (χ0n) is 15.9. The minimum atomic E-state index is -0.230. The molecule has 2 aromatic carbocycles. The summed E-state index contributed by atoms with van der Waals surface area (Å²) in [6.45, 7) is 5.80. The van der Waals surface area contributed by atoms with Crippen molar-refractivity contribution in [1.29, 1.82) is 0 Å². The van der Waals surface area contributed by atoms with Crippen LogP contribution >= 0.6 is 24.0 Å². The van der Waals surface area contributed by atoms with Gasteiger partial charge in [0.25, 0.3) is 0 Å². The molecule has 0 spiro atoms. The summed E-state index contributed by atoms with van der Waals surface area (Å²) in [5, 5.41) is 0.767. The number of hydrogen-bond acceptors (Lipinski definition) is 3. The Labute approximate surface area is 176 Å². The number of anilines is 1. The van der Waals surface area contributed by atoms with E-state index >= 15 is 0 Å². The summed E-state index contributed by atoms with van der Waals surface area (Å²) in [6.07, 6.45) is 1.56. The van der Waals surface area contributed by atoms with Crippen molar-refractivity contribution in [3.05, 3.63) is 87.1 Å². The van der Waals surface area contributed by atoms with E-state index in [2.05, 4.69) is 22.9 Å². The van der Waals surface area contributed by atoms with Gasteiger partial charge in [-0.2, -0.15) is 0 Å². The molecule has 1 aromatic heterocycles. The molecule has 4 rings (SSSR count). The topological polar surface area (TPSA) is 29.0 Å². The highest BCUT2D eigenvalue weighted by Gasteiger charge is 2.21. The van der Waals surface area contributed by atoms with Crippen molar-refractivity contribution in [3.8, 4) is 0 Å². The van der Waals surface area contributed by atoms with Crippen molar-refractivity contribution in [2.24, 2.45) is 0 Å². The summed E-state index contributed by atoms with van der Waals surface area (Å²) in [5.41, 5.74) is 5.69. The first-order chi connectivity index (χ1) is 13.0.